The highest BCUT2D eigenvalue weighted by Gasteiger charge is 2.38. The Kier molecular flexibility index (Phi) is 5.11. The van der Waals surface area contributed by atoms with Crippen LogP contribution in [0, 0.1) is 5.92 Å². The molecule has 0 saturated carbocycles. The van der Waals surface area contributed by atoms with Crippen LogP contribution in [0.3, 0.4) is 0 Å². The van der Waals surface area contributed by atoms with Gasteiger partial charge in [0.05, 0.1) is 11.7 Å². The summed E-state index contributed by atoms with van der Waals surface area (Å²) in [5.41, 5.74) is 5.00. The maximum atomic E-state index is 5.95. The van der Waals surface area contributed by atoms with Crippen molar-refractivity contribution in [2.75, 3.05) is 5.32 Å². The highest BCUT2D eigenvalue weighted by molar-refractivity contribution is 9.10. The van der Waals surface area contributed by atoms with Crippen molar-refractivity contribution < 1.29 is 4.74 Å². The van der Waals surface area contributed by atoms with Crippen LogP contribution in [0.5, 0.6) is 5.75 Å². The van der Waals surface area contributed by atoms with Crippen molar-refractivity contribution in [3.63, 3.8) is 0 Å². The van der Waals surface area contributed by atoms with Gasteiger partial charge in [0.15, 0.2) is 0 Å². The molecule has 0 amide bonds. The molecule has 29 heavy (non-hydrogen) atoms. The molecule has 1 aliphatic heterocycles. The Labute approximate surface area is 184 Å². The maximum absolute atomic E-state index is 5.95. The van der Waals surface area contributed by atoms with Gasteiger partial charge < -0.3 is 10.1 Å². The number of ether oxygens (including phenoxy) is 1. The summed E-state index contributed by atoms with van der Waals surface area (Å²) in [5, 5.41) is 4.54. The minimum absolute atomic E-state index is 0.284. The van der Waals surface area contributed by atoms with Crippen LogP contribution in [-0.4, -0.2) is 0 Å². The second-order valence-corrected chi connectivity index (χ2v) is 8.95. The first-order valence-corrected chi connectivity index (χ1v) is 11.0. The van der Waals surface area contributed by atoms with Crippen LogP contribution in [0.15, 0.2) is 83.4 Å². The molecule has 0 bridgehead atoms. The van der Waals surface area contributed by atoms with Gasteiger partial charge in [-0.25, -0.2) is 0 Å². The van der Waals surface area contributed by atoms with Gasteiger partial charge in [-0.05, 0) is 75.3 Å². The van der Waals surface area contributed by atoms with Crippen molar-refractivity contribution in [3.8, 4) is 5.75 Å². The topological polar surface area (TPSA) is 21.3 Å². The molecule has 3 atom stereocenters. The molecule has 0 radical (unpaired) electrons. The average molecular weight is 467 g/mol. The lowest BCUT2D eigenvalue weighted by Crippen LogP contribution is -2.29. The lowest BCUT2D eigenvalue weighted by Gasteiger charge is -2.38. The summed E-state index contributed by atoms with van der Waals surface area (Å²) in [5.74, 6) is 1.88. The van der Waals surface area contributed by atoms with Crippen LogP contribution in [0.2, 0.25) is 5.02 Å². The van der Waals surface area contributed by atoms with Crippen molar-refractivity contribution in [2.24, 2.45) is 5.92 Å². The zero-order valence-electron chi connectivity index (χ0n) is 15.8. The number of anilines is 1. The van der Waals surface area contributed by atoms with E-state index in [4.69, 9.17) is 16.3 Å². The minimum atomic E-state index is 0.284. The van der Waals surface area contributed by atoms with Crippen LogP contribution >= 0.6 is 27.5 Å². The third-order valence-corrected chi connectivity index (χ3v) is 6.82. The van der Waals surface area contributed by atoms with Gasteiger partial charge in [-0.2, -0.15) is 0 Å². The Morgan fingerprint density at radius 1 is 1.00 bits per heavy atom. The molecular weight excluding hydrogens is 446 g/mol. The lowest BCUT2D eigenvalue weighted by atomic mass is 9.77. The minimum Gasteiger partial charge on any atom is -0.489 e. The van der Waals surface area contributed by atoms with E-state index in [0.717, 1.165) is 27.2 Å². The molecular formula is C25H21BrClNO. The Balaban J connectivity index is 1.34. The standard InChI is InChI=1S/C25H21BrClNO/c26-23-6-2-5-22-20-3-1-4-21(20)24(28-25(22)23)17-9-13-19(14-10-17)29-15-16-7-11-18(27)12-8-16/h1-3,5-14,20-21,24,28H,4,15H2/t20-,21+,24+/m1/s1. The van der Waals surface area contributed by atoms with Gasteiger partial charge in [-0.3, -0.25) is 0 Å². The largest absolute Gasteiger partial charge is 0.489 e. The second kappa shape index (κ2) is 7.89. The van der Waals surface area contributed by atoms with E-state index in [1.54, 1.807) is 0 Å². The van der Waals surface area contributed by atoms with E-state index in [1.807, 2.05) is 24.3 Å². The number of benzene rings is 3. The summed E-state index contributed by atoms with van der Waals surface area (Å²) >= 11 is 9.67. The molecule has 2 nitrogen and oxygen atoms in total. The van der Waals surface area contributed by atoms with Crippen LogP contribution in [-0.2, 0) is 6.61 Å². The van der Waals surface area contributed by atoms with Crippen molar-refractivity contribution >= 4 is 33.2 Å². The molecule has 4 heteroatoms. The number of para-hydroxylation sites is 1. The molecule has 1 aliphatic carbocycles. The summed E-state index contributed by atoms with van der Waals surface area (Å²) < 4.78 is 7.08. The molecule has 0 aromatic heterocycles. The Hall–Kier alpha value is -2.23. The molecule has 5 rings (SSSR count). The van der Waals surface area contributed by atoms with Gasteiger partial charge in [0.2, 0.25) is 0 Å². The number of hydrogen-bond acceptors (Lipinski definition) is 2. The molecule has 146 valence electrons. The van der Waals surface area contributed by atoms with Gasteiger partial charge in [-0.1, -0.05) is 60.2 Å². The highest BCUT2D eigenvalue weighted by Crippen LogP contribution is 2.51. The number of allylic oxidation sites excluding steroid dienone is 2. The SMILES string of the molecule is Clc1ccc(COc2ccc([C@@H]3Nc4c(Br)cccc4[C@@H]4C=CC[C@@H]43)cc2)cc1. The van der Waals surface area contributed by atoms with E-state index < -0.39 is 0 Å². The summed E-state index contributed by atoms with van der Waals surface area (Å²) in [7, 11) is 0. The summed E-state index contributed by atoms with van der Waals surface area (Å²) in [6, 6.07) is 23.0. The van der Waals surface area contributed by atoms with E-state index in [2.05, 4.69) is 75.9 Å². The van der Waals surface area contributed by atoms with Gasteiger partial charge in [0.25, 0.3) is 0 Å². The molecule has 0 spiro atoms. The molecule has 0 fully saturated rings. The van der Waals surface area contributed by atoms with E-state index in [1.165, 1.54) is 16.8 Å². The van der Waals surface area contributed by atoms with E-state index in [9.17, 15) is 0 Å². The van der Waals surface area contributed by atoms with Crippen molar-refractivity contribution in [2.45, 2.75) is 25.0 Å². The third kappa shape index (κ3) is 3.70. The van der Waals surface area contributed by atoms with Crippen LogP contribution in [0.4, 0.5) is 5.69 Å². The van der Waals surface area contributed by atoms with Gasteiger partial charge in [-0.15, -0.1) is 0 Å². The molecule has 1 heterocycles. The van der Waals surface area contributed by atoms with Crippen molar-refractivity contribution in [1.29, 1.82) is 0 Å². The molecule has 1 N–H and O–H groups in total. The fourth-order valence-corrected chi connectivity index (χ4v) is 5.05. The molecule has 2 aliphatic rings. The van der Waals surface area contributed by atoms with Gasteiger partial charge >= 0.3 is 0 Å². The monoisotopic (exact) mass is 465 g/mol. The summed E-state index contributed by atoms with van der Waals surface area (Å²) in [6.07, 6.45) is 5.79. The highest BCUT2D eigenvalue weighted by atomic mass is 79.9. The van der Waals surface area contributed by atoms with E-state index in [0.29, 0.717) is 18.4 Å². The molecule has 0 unspecified atom stereocenters. The summed E-state index contributed by atoms with van der Waals surface area (Å²) in [4.78, 5) is 0. The number of halogens is 2. The average Bonchev–Trinajstić information content (AvgIpc) is 3.24. The fourth-order valence-electron chi connectivity index (χ4n) is 4.43. The predicted molar refractivity (Wildman–Crippen MR) is 123 cm³/mol. The Morgan fingerprint density at radius 3 is 2.59 bits per heavy atom. The molecule has 0 saturated heterocycles. The van der Waals surface area contributed by atoms with Crippen LogP contribution in [0.1, 0.15) is 35.1 Å². The zero-order chi connectivity index (χ0) is 19.8. The smallest absolute Gasteiger partial charge is 0.119 e. The maximum Gasteiger partial charge on any atom is 0.119 e. The first-order chi connectivity index (χ1) is 14.2. The normalized spacial score (nSPS) is 21.9. The molecule has 3 aromatic rings. The third-order valence-electron chi connectivity index (χ3n) is 5.90. The van der Waals surface area contributed by atoms with Crippen LogP contribution < -0.4 is 10.1 Å². The molecule has 3 aromatic carbocycles. The van der Waals surface area contributed by atoms with E-state index in [-0.39, 0.29) is 6.04 Å². The lowest BCUT2D eigenvalue weighted by molar-refractivity contribution is 0.306. The summed E-state index contributed by atoms with van der Waals surface area (Å²) in [6.45, 7) is 0.535. The van der Waals surface area contributed by atoms with Crippen molar-refractivity contribution in [1.82, 2.24) is 0 Å². The Bertz CT molecular complexity index is 1050. The number of hydrogen-bond donors (Lipinski definition) is 1. The number of nitrogens with one attached hydrogen (secondary N) is 1. The first-order valence-electron chi connectivity index (χ1n) is 9.88. The van der Waals surface area contributed by atoms with Crippen LogP contribution in [0.25, 0.3) is 0 Å². The number of rotatable bonds is 4. The predicted octanol–water partition coefficient (Wildman–Crippen LogP) is 7.51. The zero-order valence-corrected chi connectivity index (χ0v) is 18.2. The second-order valence-electron chi connectivity index (χ2n) is 7.66. The Morgan fingerprint density at radius 2 is 1.79 bits per heavy atom. The van der Waals surface area contributed by atoms with Gasteiger partial charge in [0, 0.05) is 15.4 Å². The number of fused-ring (bicyclic) bond motifs is 3. The fraction of sp³-hybridized carbons (Fsp3) is 0.200. The van der Waals surface area contributed by atoms with Gasteiger partial charge in [0.1, 0.15) is 12.4 Å². The first kappa shape index (κ1) is 18.8. The van der Waals surface area contributed by atoms with E-state index >= 15 is 0 Å². The van der Waals surface area contributed by atoms with Crippen molar-refractivity contribution in [3.05, 3.63) is 105 Å². The quantitative estimate of drug-likeness (QED) is 0.402.